The SMILES string of the molecule is CCCCCCOc1nsnc1C1=CCC[N+](C)([C@@H](C)OC(=O)[C@@H](N)CCCN=C(N)N)C1. The van der Waals surface area contributed by atoms with Crippen molar-refractivity contribution in [3.05, 3.63) is 11.8 Å². The first-order valence-electron chi connectivity index (χ1n) is 11.8. The van der Waals surface area contributed by atoms with Gasteiger partial charge >= 0.3 is 5.97 Å². The molecule has 0 aliphatic carbocycles. The Morgan fingerprint density at radius 3 is 2.79 bits per heavy atom. The van der Waals surface area contributed by atoms with E-state index in [0.29, 0.717) is 42.9 Å². The largest absolute Gasteiger partial charge is 0.475 e. The molecule has 0 bridgehead atoms. The molecule has 1 aliphatic rings. The highest BCUT2D eigenvalue weighted by molar-refractivity contribution is 6.99. The Morgan fingerprint density at radius 2 is 2.06 bits per heavy atom. The number of aromatic nitrogens is 2. The number of aliphatic imine (C=N–C) groups is 1. The monoisotopic (exact) mass is 482 g/mol. The number of hydrogen-bond acceptors (Lipinski definition) is 8. The highest BCUT2D eigenvalue weighted by Gasteiger charge is 2.37. The Hall–Kier alpha value is -2.24. The topological polar surface area (TPSA) is 152 Å². The molecule has 0 radical (unpaired) electrons. The first kappa shape index (κ1) is 27.0. The number of nitrogens with zero attached hydrogens (tertiary/aromatic N) is 4. The fourth-order valence-corrected chi connectivity index (χ4v) is 4.27. The van der Waals surface area contributed by atoms with Gasteiger partial charge in [-0.05, 0) is 19.3 Å². The Labute approximate surface area is 201 Å². The van der Waals surface area contributed by atoms with Crippen molar-refractivity contribution in [1.29, 1.82) is 0 Å². The minimum absolute atomic E-state index is 0.0338. The van der Waals surface area contributed by atoms with E-state index in [2.05, 4.69) is 33.8 Å². The minimum Gasteiger partial charge on any atom is -0.475 e. The fraction of sp³-hybridized carbons (Fsp3) is 0.727. The number of guanidine groups is 1. The standard InChI is InChI=1S/C22H40N7O3S/c1-4-5-6-7-14-31-20-19(27-33-28-20)17-10-9-13-29(3,15-17)16(2)32-21(30)18(23)11-8-12-26-22(24)25/h10,16,18H,4-9,11-15,23H2,1-3H3,(H4,24,25,26)/q+1/t16-,18+,29?/m1/s1. The maximum Gasteiger partial charge on any atom is 0.327 e. The maximum absolute atomic E-state index is 12.5. The number of hydrogen-bond donors (Lipinski definition) is 3. The molecular formula is C22H40N7O3S+. The van der Waals surface area contributed by atoms with Gasteiger partial charge in [-0.25, -0.2) is 0 Å². The van der Waals surface area contributed by atoms with Gasteiger partial charge in [0.15, 0.2) is 5.96 Å². The van der Waals surface area contributed by atoms with Gasteiger partial charge in [0.05, 0.1) is 31.9 Å². The minimum atomic E-state index is -0.705. The lowest BCUT2D eigenvalue weighted by Gasteiger charge is -2.41. The molecule has 2 rings (SSSR count). The molecular weight excluding hydrogens is 442 g/mol. The van der Waals surface area contributed by atoms with Crippen molar-refractivity contribution in [3.8, 4) is 5.88 Å². The summed E-state index contributed by atoms with van der Waals surface area (Å²) in [6, 6.07) is -0.705. The summed E-state index contributed by atoms with van der Waals surface area (Å²) in [6.45, 7) is 6.71. The molecule has 186 valence electrons. The number of likely N-dealkylation sites (N-methyl/N-ethyl adjacent to an activating group) is 1. The van der Waals surface area contributed by atoms with Crippen LogP contribution in [-0.2, 0) is 9.53 Å². The fourth-order valence-electron chi connectivity index (χ4n) is 3.74. The average molecular weight is 483 g/mol. The van der Waals surface area contributed by atoms with Crippen molar-refractivity contribution in [2.24, 2.45) is 22.2 Å². The van der Waals surface area contributed by atoms with E-state index in [4.69, 9.17) is 26.7 Å². The van der Waals surface area contributed by atoms with Crippen LogP contribution in [0.1, 0.15) is 64.5 Å². The van der Waals surface area contributed by atoms with E-state index in [1.54, 1.807) is 0 Å². The highest BCUT2D eigenvalue weighted by atomic mass is 32.1. The lowest BCUT2D eigenvalue weighted by molar-refractivity contribution is -0.944. The second-order valence-electron chi connectivity index (χ2n) is 8.80. The molecule has 1 unspecified atom stereocenters. The van der Waals surface area contributed by atoms with Gasteiger partial charge in [0.2, 0.25) is 6.23 Å². The quantitative estimate of drug-likeness (QED) is 0.120. The Kier molecular flexibility index (Phi) is 11.0. The number of unbranched alkanes of at least 4 members (excludes halogenated alkanes) is 3. The lowest BCUT2D eigenvalue weighted by Crippen LogP contribution is -2.56. The third-order valence-electron chi connectivity index (χ3n) is 6.00. The molecule has 0 amide bonds. The third kappa shape index (κ3) is 8.56. The lowest BCUT2D eigenvalue weighted by atomic mass is 10.0. The molecule has 1 aliphatic heterocycles. The van der Waals surface area contributed by atoms with Gasteiger partial charge in [-0.3, -0.25) is 14.3 Å². The van der Waals surface area contributed by atoms with Crippen molar-refractivity contribution in [1.82, 2.24) is 8.75 Å². The number of carbonyl (C=O) groups excluding carboxylic acids is 1. The van der Waals surface area contributed by atoms with Crippen molar-refractivity contribution in [3.63, 3.8) is 0 Å². The van der Waals surface area contributed by atoms with Crippen LogP contribution in [0.25, 0.3) is 5.57 Å². The molecule has 0 spiro atoms. The van der Waals surface area contributed by atoms with Crippen LogP contribution in [0.5, 0.6) is 5.88 Å². The molecule has 0 saturated heterocycles. The Bertz CT molecular complexity index is 810. The van der Waals surface area contributed by atoms with Crippen LogP contribution in [0, 0.1) is 0 Å². The summed E-state index contributed by atoms with van der Waals surface area (Å²) in [4.78, 5) is 16.4. The highest BCUT2D eigenvalue weighted by Crippen LogP contribution is 2.31. The van der Waals surface area contributed by atoms with Gasteiger partial charge in [-0.15, -0.1) is 4.37 Å². The van der Waals surface area contributed by atoms with E-state index < -0.39 is 12.0 Å². The van der Waals surface area contributed by atoms with Crippen molar-refractivity contribution >= 4 is 29.2 Å². The van der Waals surface area contributed by atoms with Gasteiger partial charge in [0.1, 0.15) is 18.3 Å². The van der Waals surface area contributed by atoms with Gasteiger partial charge in [0, 0.05) is 25.5 Å². The zero-order valence-corrected chi connectivity index (χ0v) is 21.0. The number of ether oxygens (including phenoxy) is 2. The molecule has 33 heavy (non-hydrogen) atoms. The number of rotatable bonds is 14. The summed E-state index contributed by atoms with van der Waals surface area (Å²) >= 11 is 1.16. The zero-order chi connectivity index (χ0) is 24.3. The third-order valence-corrected chi connectivity index (χ3v) is 6.51. The van der Waals surface area contributed by atoms with Crippen LogP contribution in [-0.4, -0.2) is 70.7 Å². The molecule has 3 atom stereocenters. The van der Waals surface area contributed by atoms with Gasteiger partial charge in [-0.1, -0.05) is 32.3 Å². The van der Waals surface area contributed by atoms with Gasteiger partial charge in [-0.2, -0.15) is 4.37 Å². The van der Waals surface area contributed by atoms with Crippen molar-refractivity contribution in [2.75, 3.05) is 33.3 Å². The van der Waals surface area contributed by atoms with Crippen molar-refractivity contribution in [2.45, 2.75) is 71.1 Å². The van der Waals surface area contributed by atoms with E-state index in [1.807, 2.05) is 6.92 Å². The number of esters is 1. The average Bonchev–Trinajstić information content (AvgIpc) is 3.25. The summed E-state index contributed by atoms with van der Waals surface area (Å²) in [7, 11) is 2.08. The Balaban J connectivity index is 1.91. The van der Waals surface area contributed by atoms with E-state index in [0.717, 1.165) is 48.8 Å². The second-order valence-corrected chi connectivity index (χ2v) is 9.33. The van der Waals surface area contributed by atoms with Crippen LogP contribution < -0.4 is 21.9 Å². The second kappa shape index (κ2) is 13.5. The summed E-state index contributed by atoms with van der Waals surface area (Å²) in [6.07, 6.45) is 8.32. The zero-order valence-electron chi connectivity index (χ0n) is 20.2. The number of carbonyl (C=O) groups is 1. The van der Waals surface area contributed by atoms with Crippen LogP contribution >= 0.6 is 11.7 Å². The van der Waals surface area contributed by atoms with Gasteiger partial charge in [0.25, 0.3) is 5.88 Å². The summed E-state index contributed by atoms with van der Waals surface area (Å²) in [5, 5.41) is 0. The summed E-state index contributed by atoms with van der Waals surface area (Å²) < 4.78 is 21.1. The van der Waals surface area contributed by atoms with E-state index in [1.165, 1.54) is 12.8 Å². The van der Waals surface area contributed by atoms with E-state index in [9.17, 15) is 4.79 Å². The van der Waals surface area contributed by atoms with Crippen LogP contribution in [0.4, 0.5) is 0 Å². The molecule has 1 aromatic heterocycles. The molecule has 10 nitrogen and oxygen atoms in total. The first-order chi connectivity index (χ1) is 15.8. The molecule has 0 aromatic carbocycles. The maximum atomic E-state index is 12.5. The molecule has 11 heteroatoms. The summed E-state index contributed by atoms with van der Waals surface area (Å²) in [5.41, 5.74) is 18.5. The predicted molar refractivity (Wildman–Crippen MR) is 131 cm³/mol. The molecule has 0 fully saturated rings. The first-order valence-corrected chi connectivity index (χ1v) is 12.5. The van der Waals surface area contributed by atoms with Crippen LogP contribution in [0.3, 0.4) is 0 Å². The normalized spacial score (nSPS) is 19.9. The van der Waals surface area contributed by atoms with E-state index in [-0.39, 0.29) is 12.2 Å². The molecule has 1 aromatic rings. The van der Waals surface area contributed by atoms with E-state index >= 15 is 0 Å². The van der Waals surface area contributed by atoms with Crippen molar-refractivity contribution < 1.29 is 18.8 Å². The number of nitrogens with two attached hydrogens (primary N) is 3. The molecule has 2 heterocycles. The Morgan fingerprint density at radius 1 is 1.27 bits per heavy atom. The predicted octanol–water partition coefficient (Wildman–Crippen LogP) is 2.00. The van der Waals surface area contributed by atoms with Gasteiger partial charge < -0.3 is 26.7 Å². The molecule has 6 N–H and O–H groups in total. The smallest absolute Gasteiger partial charge is 0.327 e. The van der Waals surface area contributed by atoms with Crippen LogP contribution in [0.15, 0.2) is 11.1 Å². The molecule has 0 saturated carbocycles. The number of quaternary nitrogens is 1. The van der Waals surface area contributed by atoms with Crippen LogP contribution in [0.2, 0.25) is 0 Å². The summed E-state index contributed by atoms with van der Waals surface area (Å²) in [5.74, 6) is 0.226.